The predicted octanol–water partition coefficient (Wildman–Crippen LogP) is 2.08. The standard InChI is InChI=1S/C11H16N4S/c1-3-10-7-12-11(16)15(10)5-4-9-6-13-14(2)8-9/h6-8H,3-5H2,1-2H3,(H,12,16). The molecular formula is C11H16N4S. The van der Waals surface area contributed by atoms with Crippen LogP contribution in [0.15, 0.2) is 18.6 Å². The minimum absolute atomic E-state index is 0.806. The van der Waals surface area contributed by atoms with Crippen LogP contribution in [-0.4, -0.2) is 19.3 Å². The first kappa shape index (κ1) is 11.1. The summed E-state index contributed by atoms with van der Waals surface area (Å²) in [6, 6.07) is 0. The molecule has 0 radical (unpaired) electrons. The number of hydrogen-bond acceptors (Lipinski definition) is 2. The Kier molecular flexibility index (Phi) is 3.24. The van der Waals surface area contributed by atoms with Gasteiger partial charge in [0.1, 0.15) is 0 Å². The van der Waals surface area contributed by atoms with E-state index in [4.69, 9.17) is 12.2 Å². The van der Waals surface area contributed by atoms with Crippen LogP contribution in [-0.2, 0) is 26.4 Å². The van der Waals surface area contributed by atoms with Gasteiger partial charge in [0, 0.05) is 31.7 Å². The molecule has 0 saturated carbocycles. The van der Waals surface area contributed by atoms with Gasteiger partial charge in [-0.1, -0.05) is 6.92 Å². The summed E-state index contributed by atoms with van der Waals surface area (Å²) < 4.78 is 4.79. The van der Waals surface area contributed by atoms with E-state index in [-0.39, 0.29) is 0 Å². The summed E-state index contributed by atoms with van der Waals surface area (Å²) in [6.45, 7) is 3.05. The summed E-state index contributed by atoms with van der Waals surface area (Å²) in [4.78, 5) is 3.09. The van der Waals surface area contributed by atoms with E-state index in [0.717, 1.165) is 24.2 Å². The second kappa shape index (κ2) is 4.65. The van der Waals surface area contributed by atoms with Crippen molar-refractivity contribution in [2.45, 2.75) is 26.3 Å². The van der Waals surface area contributed by atoms with Crippen molar-refractivity contribution in [1.29, 1.82) is 0 Å². The lowest BCUT2D eigenvalue weighted by Gasteiger charge is -2.05. The van der Waals surface area contributed by atoms with Crippen molar-refractivity contribution in [2.75, 3.05) is 0 Å². The highest BCUT2D eigenvalue weighted by Crippen LogP contribution is 2.06. The third kappa shape index (κ3) is 2.24. The van der Waals surface area contributed by atoms with Crippen LogP contribution in [0.3, 0.4) is 0 Å². The van der Waals surface area contributed by atoms with E-state index in [0.29, 0.717) is 0 Å². The molecule has 1 N–H and O–H groups in total. The molecule has 0 amide bonds. The summed E-state index contributed by atoms with van der Waals surface area (Å²) in [6.07, 6.45) is 7.91. The smallest absolute Gasteiger partial charge is 0.177 e. The van der Waals surface area contributed by atoms with Crippen molar-refractivity contribution in [1.82, 2.24) is 19.3 Å². The van der Waals surface area contributed by atoms with Crippen LogP contribution < -0.4 is 0 Å². The van der Waals surface area contributed by atoms with Gasteiger partial charge in [0.05, 0.1) is 6.20 Å². The number of nitrogens with zero attached hydrogens (tertiary/aromatic N) is 3. The third-order valence-electron chi connectivity index (χ3n) is 2.70. The predicted molar refractivity (Wildman–Crippen MR) is 65.9 cm³/mol. The molecule has 0 bridgehead atoms. The zero-order chi connectivity index (χ0) is 11.5. The Morgan fingerprint density at radius 2 is 2.31 bits per heavy atom. The highest BCUT2D eigenvalue weighted by atomic mass is 32.1. The Morgan fingerprint density at radius 1 is 1.50 bits per heavy atom. The number of imidazole rings is 1. The second-order valence-electron chi connectivity index (χ2n) is 3.86. The topological polar surface area (TPSA) is 38.5 Å². The molecule has 0 spiro atoms. The van der Waals surface area contributed by atoms with Crippen molar-refractivity contribution in [3.8, 4) is 0 Å². The molecule has 0 unspecified atom stereocenters. The van der Waals surface area contributed by atoms with Crippen molar-refractivity contribution < 1.29 is 0 Å². The summed E-state index contributed by atoms with van der Waals surface area (Å²) in [5.41, 5.74) is 2.50. The largest absolute Gasteiger partial charge is 0.337 e. The van der Waals surface area contributed by atoms with Crippen molar-refractivity contribution in [2.24, 2.45) is 7.05 Å². The molecule has 5 heteroatoms. The van der Waals surface area contributed by atoms with Gasteiger partial charge in [-0.3, -0.25) is 4.68 Å². The minimum atomic E-state index is 0.806. The van der Waals surface area contributed by atoms with E-state index in [1.807, 2.05) is 30.3 Å². The van der Waals surface area contributed by atoms with Crippen LogP contribution in [0, 0.1) is 4.77 Å². The third-order valence-corrected chi connectivity index (χ3v) is 3.04. The van der Waals surface area contributed by atoms with Crippen LogP contribution in [0.1, 0.15) is 18.2 Å². The average Bonchev–Trinajstić information content (AvgIpc) is 2.82. The van der Waals surface area contributed by atoms with Gasteiger partial charge >= 0.3 is 0 Å². The molecule has 0 saturated heterocycles. The van der Waals surface area contributed by atoms with E-state index >= 15 is 0 Å². The molecule has 2 aromatic heterocycles. The van der Waals surface area contributed by atoms with Gasteiger partial charge in [-0.05, 0) is 30.6 Å². The summed E-state index contributed by atoms with van der Waals surface area (Å²) in [5.74, 6) is 0. The summed E-state index contributed by atoms with van der Waals surface area (Å²) in [5, 5.41) is 4.16. The Hall–Kier alpha value is -1.36. The fraction of sp³-hybridized carbons (Fsp3) is 0.455. The van der Waals surface area contributed by atoms with Gasteiger partial charge in [-0.15, -0.1) is 0 Å². The van der Waals surface area contributed by atoms with E-state index in [2.05, 4.69) is 21.6 Å². The number of aromatic amines is 1. The molecule has 2 heterocycles. The van der Waals surface area contributed by atoms with Crippen molar-refractivity contribution in [3.63, 3.8) is 0 Å². The molecule has 0 aliphatic heterocycles. The molecule has 86 valence electrons. The highest BCUT2D eigenvalue weighted by Gasteiger charge is 2.03. The quantitative estimate of drug-likeness (QED) is 0.825. The van der Waals surface area contributed by atoms with Crippen LogP contribution in [0.25, 0.3) is 0 Å². The monoisotopic (exact) mass is 236 g/mol. The minimum Gasteiger partial charge on any atom is -0.337 e. The van der Waals surface area contributed by atoms with Gasteiger partial charge < -0.3 is 9.55 Å². The molecule has 0 fully saturated rings. The first-order chi connectivity index (χ1) is 7.70. The SMILES string of the molecule is CCc1c[nH]c(=S)n1CCc1cnn(C)c1. The summed E-state index contributed by atoms with van der Waals surface area (Å²) >= 11 is 5.25. The van der Waals surface area contributed by atoms with Crippen LogP contribution in [0.2, 0.25) is 0 Å². The van der Waals surface area contributed by atoms with Crippen LogP contribution >= 0.6 is 12.2 Å². The lowest BCUT2D eigenvalue weighted by Crippen LogP contribution is -2.04. The maximum atomic E-state index is 5.25. The van der Waals surface area contributed by atoms with Crippen molar-refractivity contribution in [3.05, 3.63) is 34.6 Å². The average molecular weight is 236 g/mol. The molecular weight excluding hydrogens is 220 g/mol. The highest BCUT2D eigenvalue weighted by molar-refractivity contribution is 7.71. The first-order valence-electron chi connectivity index (χ1n) is 5.45. The fourth-order valence-electron chi connectivity index (χ4n) is 1.81. The van der Waals surface area contributed by atoms with Gasteiger partial charge in [0.15, 0.2) is 4.77 Å². The molecule has 0 aliphatic carbocycles. The van der Waals surface area contributed by atoms with Gasteiger partial charge in [0.2, 0.25) is 0 Å². The van der Waals surface area contributed by atoms with E-state index in [9.17, 15) is 0 Å². The zero-order valence-electron chi connectivity index (χ0n) is 9.60. The van der Waals surface area contributed by atoms with E-state index in [1.165, 1.54) is 11.3 Å². The van der Waals surface area contributed by atoms with Crippen LogP contribution in [0.4, 0.5) is 0 Å². The number of aryl methyl sites for hydroxylation is 3. The molecule has 2 aromatic rings. The van der Waals surface area contributed by atoms with Gasteiger partial charge in [-0.25, -0.2) is 0 Å². The number of aromatic nitrogens is 4. The molecule has 2 rings (SSSR count). The van der Waals surface area contributed by atoms with Crippen LogP contribution in [0.5, 0.6) is 0 Å². The second-order valence-corrected chi connectivity index (χ2v) is 4.25. The normalized spacial score (nSPS) is 10.9. The number of H-pyrrole nitrogens is 1. The fourth-order valence-corrected chi connectivity index (χ4v) is 2.08. The Labute approximate surface area is 99.9 Å². The molecule has 16 heavy (non-hydrogen) atoms. The number of hydrogen-bond donors (Lipinski definition) is 1. The zero-order valence-corrected chi connectivity index (χ0v) is 10.4. The maximum absolute atomic E-state index is 5.25. The lowest BCUT2D eigenvalue weighted by atomic mass is 10.2. The Balaban J connectivity index is 2.09. The molecule has 0 atom stereocenters. The molecule has 0 aliphatic rings. The first-order valence-corrected chi connectivity index (χ1v) is 5.86. The lowest BCUT2D eigenvalue weighted by molar-refractivity contribution is 0.655. The van der Waals surface area contributed by atoms with E-state index in [1.54, 1.807) is 0 Å². The van der Waals surface area contributed by atoms with Gasteiger partial charge in [0.25, 0.3) is 0 Å². The summed E-state index contributed by atoms with van der Waals surface area (Å²) in [7, 11) is 1.93. The molecule has 4 nitrogen and oxygen atoms in total. The Morgan fingerprint density at radius 3 is 2.94 bits per heavy atom. The Bertz CT molecular complexity index is 520. The maximum Gasteiger partial charge on any atom is 0.177 e. The van der Waals surface area contributed by atoms with Crippen molar-refractivity contribution >= 4 is 12.2 Å². The molecule has 0 aromatic carbocycles. The number of rotatable bonds is 4. The van der Waals surface area contributed by atoms with Gasteiger partial charge in [-0.2, -0.15) is 5.10 Å². The number of nitrogens with one attached hydrogen (secondary N) is 1. The van der Waals surface area contributed by atoms with E-state index < -0.39 is 0 Å².